The van der Waals surface area contributed by atoms with Crippen LogP contribution in [-0.4, -0.2) is 37.0 Å². The summed E-state index contributed by atoms with van der Waals surface area (Å²) < 4.78 is 73.3. The van der Waals surface area contributed by atoms with Gasteiger partial charge in [0.05, 0.1) is 24.5 Å². The van der Waals surface area contributed by atoms with Gasteiger partial charge in [0.25, 0.3) is 0 Å². The number of fused-ring (bicyclic) bond motifs is 1. The van der Waals surface area contributed by atoms with Crippen molar-refractivity contribution in [3.8, 4) is 11.1 Å². The van der Waals surface area contributed by atoms with Crippen molar-refractivity contribution in [1.29, 1.82) is 0 Å². The molecule has 32 heavy (non-hydrogen) atoms. The molecule has 0 amide bonds. The average Bonchev–Trinajstić information content (AvgIpc) is 3.12. The van der Waals surface area contributed by atoms with Crippen LogP contribution in [0.15, 0.2) is 55.1 Å². The van der Waals surface area contributed by atoms with Crippen molar-refractivity contribution >= 4 is 17.0 Å². The number of rotatable bonds is 3. The van der Waals surface area contributed by atoms with Crippen LogP contribution in [0.5, 0.6) is 0 Å². The van der Waals surface area contributed by atoms with E-state index in [9.17, 15) is 26.3 Å². The van der Waals surface area contributed by atoms with Crippen molar-refractivity contribution < 1.29 is 36.2 Å². The lowest BCUT2D eigenvalue weighted by Gasteiger charge is -2.06. The second-order valence-electron chi connectivity index (χ2n) is 6.37. The Bertz CT molecular complexity index is 1270. The molecule has 6 nitrogen and oxygen atoms in total. The summed E-state index contributed by atoms with van der Waals surface area (Å²) in [5, 5.41) is 11.4. The lowest BCUT2D eigenvalue weighted by Crippen LogP contribution is -2.21. The van der Waals surface area contributed by atoms with Crippen molar-refractivity contribution in [2.24, 2.45) is 0 Å². The Hall–Kier alpha value is -3.96. The fraction of sp³-hybridized carbons (Fsp3) is 0.100. The Kier molecular flexibility index (Phi) is 6.42. The van der Waals surface area contributed by atoms with Gasteiger partial charge in [-0.2, -0.15) is 18.3 Å². The number of aliphatic carboxylic acids is 1. The van der Waals surface area contributed by atoms with Crippen LogP contribution >= 0.6 is 0 Å². The van der Waals surface area contributed by atoms with Gasteiger partial charge in [-0.25, -0.2) is 18.0 Å². The van der Waals surface area contributed by atoms with E-state index in [-0.39, 0.29) is 0 Å². The van der Waals surface area contributed by atoms with E-state index in [1.54, 1.807) is 29.3 Å². The number of halogens is 6. The number of nitrogens with zero attached hydrogens (tertiary/aromatic N) is 4. The Morgan fingerprint density at radius 1 is 0.938 bits per heavy atom. The molecule has 4 rings (SSSR count). The zero-order valence-corrected chi connectivity index (χ0v) is 15.8. The third kappa shape index (κ3) is 5.39. The molecule has 0 fully saturated rings. The summed E-state index contributed by atoms with van der Waals surface area (Å²) in [6.07, 6.45) is 0.776. The minimum atomic E-state index is -5.08. The second-order valence-corrected chi connectivity index (χ2v) is 6.37. The van der Waals surface area contributed by atoms with Gasteiger partial charge >= 0.3 is 12.1 Å². The largest absolute Gasteiger partial charge is 0.490 e. The molecule has 12 heteroatoms. The summed E-state index contributed by atoms with van der Waals surface area (Å²) in [4.78, 5) is 17.0. The molecule has 166 valence electrons. The number of hydrogen-bond donors (Lipinski definition) is 1. The van der Waals surface area contributed by atoms with E-state index in [0.29, 0.717) is 34.3 Å². The minimum Gasteiger partial charge on any atom is -0.475 e. The van der Waals surface area contributed by atoms with E-state index in [1.165, 1.54) is 12.1 Å². The van der Waals surface area contributed by atoms with Crippen LogP contribution in [0.25, 0.3) is 22.2 Å². The highest BCUT2D eigenvalue weighted by Gasteiger charge is 2.38. The third-order valence-corrected chi connectivity index (χ3v) is 4.08. The second kappa shape index (κ2) is 9.04. The lowest BCUT2D eigenvalue weighted by atomic mass is 10.1. The number of benzene rings is 1. The molecular weight excluding hydrogens is 442 g/mol. The third-order valence-electron chi connectivity index (χ3n) is 4.08. The van der Waals surface area contributed by atoms with Crippen molar-refractivity contribution in [3.05, 3.63) is 78.1 Å². The van der Waals surface area contributed by atoms with Crippen molar-refractivity contribution in [2.75, 3.05) is 0 Å². The molecule has 3 heterocycles. The number of carboxylic acids is 1. The fourth-order valence-electron chi connectivity index (χ4n) is 2.63. The predicted octanol–water partition coefficient (Wildman–Crippen LogP) is 4.59. The first-order valence-corrected chi connectivity index (χ1v) is 8.71. The van der Waals surface area contributed by atoms with Gasteiger partial charge in [0.1, 0.15) is 11.3 Å². The molecule has 0 unspecified atom stereocenters. The summed E-state index contributed by atoms with van der Waals surface area (Å²) in [6.45, 7) is 0.317. The molecule has 0 bridgehead atoms. The van der Waals surface area contributed by atoms with Crippen LogP contribution in [0.2, 0.25) is 0 Å². The maximum absolute atomic E-state index is 13.5. The molecule has 1 N–H and O–H groups in total. The Labute approximate surface area is 175 Å². The van der Waals surface area contributed by atoms with Crippen LogP contribution in [0, 0.1) is 17.5 Å². The fourth-order valence-corrected chi connectivity index (χ4v) is 2.63. The molecule has 4 aromatic rings. The quantitative estimate of drug-likeness (QED) is 0.458. The zero-order chi connectivity index (χ0) is 23.5. The van der Waals surface area contributed by atoms with E-state index >= 15 is 0 Å². The zero-order valence-electron chi connectivity index (χ0n) is 15.8. The molecule has 0 atom stereocenters. The Balaban J connectivity index is 0.000000360. The highest BCUT2D eigenvalue weighted by atomic mass is 19.4. The molecule has 0 aliphatic heterocycles. The van der Waals surface area contributed by atoms with E-state index in [0.717, 1.165) is 18.3 Å². The maximum Gasteiger partial charge on any atom is 0.490 e. The smallest absolute Gasteiger partial charge is 0.475 e. The lowest BCUT2D eigenvalue weighted by molar-refractivity contribution is -0.192. The monoisotopic (exact) mass is 454 g/mol. The Morgan fingerprint density at radius 2 is 1.66 bits per heavy atom. The van der Waals surface area contributed by atoms with E-state index in [2.05, 4.69) is 15.1 Å². The van der Waals surface area contributed by atoms with Gasteiger partial charge in [0, 0.05) is 18.0 Å². The average molecular weight is 454 g/mol. The molecule has 0 spiro atoms. The van der Waals surface area contributed by atoms with E-state index < -0.39 is 29.6 Å². The summed E-state index contributed by atoms with van der Waals surface area (Å²) in [7, 11) is 0. The number of aromatic nitrogens is 4. The molecule has 0 aliphatic rings. The van der Waals surface area contributed by atoms with Gasteiger partial charge in [-0.1, -0.05) is 6.07 Å². The molecule has 0 aliphatic carbocycles. The number of pyridine rings is 2. The van der Waals surface area contributed by atoms with Crippen LogP contribution < -0.4 is 0 Å². The summed E-state index contributed by atoms with van der Waals surface area (Å²) in [5.41, 5.74) is 3.14. The summed E-state index contributed by atoms with van der Waals surface area (Å²) in [6, 6.07) is 6.85. The normalized spacial score (nSPS) is 11.2. The molecule has 3 aromatic heterocycles. The van der Waals surface area contributed by atoms with Gasteiger partial charge in [-0.3, -0.25) is 14.6 Å². The van der Waals surface area contributed by atoms with Crippen LogP contribution in [0.3, 0.4) is 0 Å². The van der Waals surface area contributed by atoms with E-state index in [4.69, 9.17) is 9.90 Å². The molecular formula is C20H12F6N4O2. The first-order chi connectivity index (χ1) is 15.0. The minimum absolute atomic E-state index is 0.317. The van der Waals surface area contributed by atoms with Crippen molar-refractivity contribution in [3.63, 3.8) is 0 Å². The number of carboxylic acid groups (broad SMARTS) is 1. The van der Waals surface area contributed by atoms with Crippen LogP contribution in [0.4, 0.5) is 26.3 Å². The summed E-state index contributed by atoms with van der Waals surface area (Å²) >= 11 is 0. The van der Waals surface area contributed by atoms with Gasteiger partial charge in [0.15, 0.2) is 11.6 Å². The molecule has 0 radical (unpaired) electrons. The topological polar surface area (TPSA) is 80.9 Å². The number of carbonyl (C=O) groups is 1. The highest BCUT2D eigenvalue weighted by molar-refractivity contribution is 5.80. The first kappa shape index (κ1) is 22.7. The molecule has 0 saturated heterocycles. The molecule has 1 aromatic carbocycles. The van der Waals surface area contributed by atoms with Gasteiger partial charge in [-0.05, 0) is 35.4 Å². The highest BCUT2D eigenvalue weighted by Crippen LogP contribution is 2.24. The maximum atomic E-state index is 13.5. The SMILES string of the molecule is Fc1cncc(Cn2ncc3ncc(-c4ccc(F)c(F)c4)cc32)c1.O=C(O)C(F)(F)F. The van der Waals surface area contributed by atoms with Crippen molar-refractivity contribution in [2.45, 2.75) is 12.7 Å². The van der Waals surface area contributed by atoms with Crippen LogP contribution in [0.1, 0.15) is 5.56 Å². The number of hydrogen-bond acceptors (Lipinski definition) is 4. The van der Waals surface area contributed by atoms with Crippen LogP contribution in [-0.2, 0) is 11.3 Å². The van der Waals surface area contributed by atoms with Gasteiger partial charge in [-0.15, -0.1) is 0 Å². The standard InChI is InChI=1S/C18H11F3N4.C2HF3O2/c19-14-3-11(6-22-8-14)10-25-18-5-13(7-23-17(18)9-24-25)12-1-2-15(20)16(21)4-12;3-2(4,5)1(6)7/h1-9H,10H2;(H,6,7). The Morgan fingerprint density at radius 3 is 2.28 bits per heavy atom. The van der Waals surface area contributed by atoms with Gasteiger partial charge < -0.3 is 5.11 Å². The summed E-state index contributed by atoms with van der Waals surface area (Å²) in [5.74, 6) is -5.00. The predicted molar refractivity (Wildman–Crippen MR) is 99.9 cm³/mol. The van der Waals surface area contributed by atoms with Gasteiger partial charge in [0.2, 0.25) is 0 Å². The van der Waals surface area contributed by atoms with E-state index in [1.807, 2.05) is 0 Å². The first-order valence-electron chi connectivity index (χ1n) is 8.71. The van der Waals surface area contributed by atoms with Crippen molar-refractivity contribution in [1.82, 2.24) is 19.7 Å². The molecule has 0 saturated carbocycles. The number of alkyl halides is 3.